The second kappa shape index (κ2) is 4.92. The SMILES string of the molecule is Cc1cc(C)nc(N(C)CC(C)C(=O)O)n1. The smallest absolute Gasteiger partial charge is 0.308 e. The van der Waals surface area contributed by atoms with Crippen molar-refractivity contribution in [1.82, 2.24) is 9.97 Å². The van der Waals surface area contributed by atoms with Gasteiger partial charge in [0.15, 0.2) is 0 Å². The minimum Gasteiger partial charge on any atom is -0.481 e. The summed E-state index contributed by atoms with van der Waals surface area (Å²) in [5.41, 5.74) is 1.77. The highest BCUT2D eigenvalue weighted by molar-refractivity contribution is 5.70. The van der Waals surface area contributed by atoms with E-state index in [4.69, 9.17) is 5.11 Å². The van der Waals surface area contributed by atoms with Crippen LogP contribution in [-0.2, 0) is 4.79 Å². The molecule has 0 bridgehead atoms. The van der Waals surface area contributed by atoms with E-state index in [0.29, 0.717) is 12.5 Å². The minimum absolute atomic E-state index is 0.401. The topological polar surface area (TPSA) is 66.3 Å². The van der Waals surface area contributed by atoms with E-state index in [1.807, 2.05) is 19.9 Å². The molecule has 0 aliphatic carbocycles. The molecule has 0 saturated carbocycles. The maximum absolute atomic E-state index is 10.7. The van der Waals surface area contributed by atoms with Crippen molar-refractivity contribution in [3.8, 4) is 0 Å². The highest BCUT2D eigenvalue weighted by Crippen LogP contribution is 2.10. The van der Waals surface area contributed by atoms with Crippen LogP contribution in [0.2, 0.25) is 0 Å². The van der Waals surface area contributed by atoms with Gasteiger partial charge >= 0.3 is 5.97 Å². The molecule has 88 valence electrons. The van der Waals surface area contributed by atoms with E-state index in [2.05, 4.69) is 9.97 Å². The van der Waals surface area contributed by atoms with Crippen molar-refractivity contribution in [2.45, 2.75) is 20.8 Å². The van der Waals surface area contributed by atoms with Gasteiger partial charge in [0.2, 0.25) is 5.95 Å². The maximum Gasteiger partial charge on any atom is 0.308 e. The molecule has 0 aliphatic rings. The second-order valence-electron chi connectivity index (χ2n) is 4.07. The van der Waals surface area contributed by atoms with Gasteiger partial charge in [-0.3, -0.25) is 4.79 Å². The van der Waals surface area contributed by atoms with Crippen LogP contribution in [0.25, 0.3) is 0 Å². The Labute approximate surface area is 95.1 Å². The molecular weight excluding hydrogens is 206 g/mol. The van der Waals surface area contributed by atoms with Gasteiger partial charge in [-0.25, -0.2) is 9.97 Å². The van der Waals surface area contributed by atoms with E-state index in [1.165, 1.54) is 0 Å². The zero-order valence-electron chi connectivity index (χ0n) is 10.1. The van der Waals surface area contributed by atoms with E-state index < -0.39 is 11.9 Å². The molecule has 16 heavy (non-hydrogen) atoms. The van der Waals surface area contributed by atoms with Gasteiger partial charge in [0.1, 0.15) is 0 Å². The molecule has 1 N–H and O–H groups in total. The molecule has 5 nitrogen and oxygen atoms in total. The van der Waals surface area contributed by atoms with Crippen molar-refractivity contribution in [2.24, 2.45) is 5.92 Å². The first-order valence-corrected chi connectivity index (χ1v) is 5.16. The summed E-state index contributed by atoms with van der Waals surface area (Å²) in [5.74, 6) is -0.670. The number of carbonyl (C=O) groups is 1. The number of hydrogen-bond acceptors (Lipinski definition) is 4. The van der Waals surface area contributed by atoms with Crippen LogP contribution >= 0.6 is 0 Å². The number of hydrogen-bond donors (Lipinski definition) is 1. The van der Waals surface area contributed by atoms with E-state index in [-0.39, 0.29) is 0 Å². The molecule has 1 aromatic heterocycles. The van der Waals surface area contributed by atoms with Crippen LogP contribution < -0.4 is 4.90 Å². The van der Waals surface area contributed by atoms with Crippen LogP contribution in [0.3, 0.4) is 0 Å². The third-order valence-electron chi connectivity index (χ3n) is 2.28. The number of carboxylic acid groups (broad SMARTS) is 1. The fraction of sp³-hybridized carbons (Fsp3) is 0.545. The lowest BCUT2D eigenvalue weighted by Crippen LogP contribution is -2.29. The Morgan fingerprint density at radius 2 is 1.94 bits per heavy atom. The molecule has 0 aliphatic heterocycles. The summed E-state index contributed by atoms with van der Waals surface area (Å²) in [6.07, 6.45) is 0. The summed E-state index contributed by atoms with van der Waals surface area (Å²) in [7, 11) is 1.80. The van der Waals surface area contributed by atoms with E-state index in [9.17, 15) is 4.79 Å². The van der Waals surface area contributed by atoms with Crippen molar-refractivity contribution >= 4 is 11.9 Å². The Kier molecular flexibility index (Phi) is 3.82. The van der Waals surface area contributed by atoms with Crippen molar-refractivity contribution in [1.29, 1.82) is 0 Å². The molecule has 0 amide bonds. The lowest BCUT2D eigenvalue weighted by molar-refractivity contribution is -0.140. The number of aromatic nitrogens is 2. The largest absolute Gasteiger partial charge is 0.481 e. The normalized spacial score (nSPS) is 12.2. The van der Waals surface area contributed by atoms with E-state index >= 15 is 0 Å². The van der Waals surface area contributed by atoms with Gasteiger partial charge in [0, 0.05) is 25.0 Å². The molecule has 1 rings (SSSR count). The molecule has 0 aromatic carbocycles. The summed E-state index contributed by atoms with van der Waals surface area (Å²) < 4.78 is 0. The van der Waals surface area contributed by atoms with Gasteiger partial charge in [-0.2, -0.15) is 0 Å². The molecule has 1 heterocycles. The summed E-state index contributed by atoms with van der Waals surface area (Å²) in [5, 5.41) is 8.82. The molecule has 1 aromatic rings. The lowest BCUT2D eigenvalue weighted by atomic mass is 10.2. The standard InChI is InChI=1S/C11H17N3O2/c1-7(10(15)16)6-14(4)11-12-8(2)5-9(3)13-11/h5,7H,6H2,1-4H3,(H,15,16). The van der Waals surface area contributed by atoms with Crippen molar-refractivity contribution in [2.75, 3.05) is 18.5 Å². The molecule has 0 fully saturated rings. The van der Waals surface area contributed by atoms with Crippen LogP contribution in [0, 0.1) is 19.8 Å². The quantitative estimate of drug-likeness (QED) is 0.832. The first-order valence-electron chi connectivity index (χ1n) is 5.16. The highest BCUT2D eigenvalue weighted by Gasteiger charge is 2.15. The third kappa shape index (κ3) is 3.18. The average Bonchev–Trinajstić information content (AvgIpc) is 2.15. The summed E-state index contributed by atoms with van der Waals surface area (Å²) in [6.45, 7) is 5.86. The zero-order valence-corrected chi connectivity index (χ0v) is 10.1. The van der Waals surface area contributed by atoms with Gasteiger partial charge in [-0.1, -0.05) is 6.92 Å². The zero-order chi connectivity index (χ0) is 12.3. The molecule has 0 radical (unpaired) electrons. The third-order valence-corrected chi connectivity index (χ3v) is 2.28. The average molecular weight is 223 g/mol. The van der Waals surface area contributed by atoms with Gasteiger partial charge in [-0.15, -0.1) is 0 Å². The number of anilines is 1. The number of aryl methyl sites for hydroxylation is 2. The lowest BCUT2D eigenvalue weighted by Gasteiger charge is -2.19. The fourth-order valence-corrected chi connectivity index (χ4v) is 1.45. The second-order valence-corrected chi connectivity index (χ2v) is 4.07. The van der Waals surface area contributed by atoms with Crippen LogP contribution in [0.5, 0.6) is 0 Å². The molecule has 1 atom stereocenters. The van der Waals surface area contributed by atoms with Gasteiger partial charge in [0.25, 0.3) is 0 Å². The maximum atomic E-state index is 10.7. The van der Waals surface area contributed by atoms with E-state index in [1.54, 1.807) is 18.9 Å². The molecular formula is C11H17N3O2. The Bertz CT molecular complexity index is 373. The van der Waals surface area contributed by atoms with Crippen molar-refractivity contribution < 1.29 is 9.90 Å². The summed E-state index contributed by atoms with van der Waals surface area (Å²) in [4.78, 5) is 21.0. The number of rotatable bonds is 4. The highest BCUT2D eigenvalue weighted by atomic mass is 16.4. The Morgan fingerprint density at radius 1 is 1.44 bits per heavy atom. The number of carboxylic acids is 1. The van der Waals surface area contributed by atoms with Gasteiger partial charge in [-0.05, 0) is 19.9 Å². The van der Waals surface area contributed by atoms with Crippen LogP contribution in [0.15, 0.2) is 6.07 Å². The first-order chi connectivity index (χ1) is 7.40. The van der Waals surface area contributed by atoms with Crippen molar-refractivity contribution in [3.05, 3.63) is 17.5 Å². The van der Waals surface area contributed by atoms with E-state index in [0.717, 1.165) is 11.4 Å². The molecule has 0 saturated heterocycles. The van der Waals surface area contributed by atoms with Crippen LogP contribution in [0.4, 0.5) is 5.95 Å². The Hall–Kier alpha value is -1.65. The fourth-order valence-electron chi connectivity index (χ4n) is 1.45. The van der Waals surface area contributed by atoms with Crippen LogP contribution in [0.1, 0.15) is 18.3 Å². The Morgan fingerprint density at radius 3 is 2.38 bits per heavy atom. The predicted molar refractivity (Wildman–Crippen MR) is 61.6 cm³/mol. The summed E-state index contributed by atoms with van der Waals surface area (Å²) >= 11 is 0. The summed E-state index contributed by atoms with van der Waals surface area (Å²) in [6, 6.07) is 1.89. The monoisotopic (exact) mass is 223 g/mol. The molecule has 1 unspecified atom stereocenters. The molecule has 0 spiro atoms. The predicted octanol–water partition coefficient (Wildman–Crippen LogP) is 1.25. The van der Waals surface area contributed by atoms with Crippen LogP contribution in [-0.4, -0.2) is 34.6 Å². The van der Waals surface area contributed by atoms with Crippen molar-refractivity contribution in [3.63, 3.8) is 0 Å². The minimum atomic E-state index is -0.809. The Balaban J connectivity index is 2.80. The van der Waals surface area contributed by atoms with Gasteiger partial charge < -0.3 is 10.0 Å². The number of nitrogens with zero attached hydrogens (tertiary/aromatic N) is 3. The first kappa shape index (κ1) is 12.4. The number of aliphatic carboxylic acids is 1. The van der Waals surface area contributed by atoms with Gasteiger partial charge in [0.05, 0.1) is 5.92 Å². The molecule has 5 heteroatoms.